The van der Waals surface area contributed by atoms with Gasteiger partial charge < -0.3 is 5.32 Å². The van der Waals surface area contributed by atoms with Gasteiger partial charge in [0.25, 0.3) is 0 Å². The highest BCUT2D eigenvalue weighted by Gasteiger charge is 2.31. The molecule has 1 aromatic carbocycles. The first-order valence-corrected chi connectivity index (χ1v) is 6.07. The zero-order chi connectivity index (χ0) is 10.9. The predicted molar refractivity (Wildman–Crippen MR) is 65.4 cm³/mol. The maximum Gasteiger partial charge on any atom is 0.0409 e. The number of rotatable bonds is 2. The summed E-state index contributed by atoms with van der Waals surface area (Å²) in [6.45, 7) is 5.60. The Balaban J connectivity index is 2.44. The molecule has 2 rings (SSSR count). The van der Waals surface area contributed by atoms with Crippen molar-refractivity contribution in [2.24, 2.45) is 0 Å². The molecule has 1 fully saturated rings. The van der Waals surface area contributed by atoms with Crippen LogP contribution in [0, 0.1) is 0 Å². The molecule has 82 valence electrons. The molecule has 1 nitrogen and oxygen atoms in total. The Hall–Kier alpha value is -0.530. The largest absolute Gasteiger partial charge is 0.308 e. The second-order valence-corrected chi connectivity index (χ2v) is 4.95. The van der Waals surface area contributed by atoms with Crippen LogP contribution in [-0.2, 0) is 12.0 Å². The van der Waals surface area contributed by atoms with Crippen LogP contribution in [0.4, 0.5) is 0 Å². The van der Waals surface area contributed by atoms with E-state index in [4.69, 9.17) is 11.6 Å². The zero-order valence-corrected chi connectivity index (χ0v) is 10.2. The van der Waals surface area contributed by atoms with E-state index in [0.717, 1.165) is 18.0 Å². The highest BCUT2D eigenvalue weighted by atomic mass is 35.5. The van der Waals surface area contributed by atoms with Crippen molar-refractivity contribution in [3.63, 3.8) is 0 Å². The third-order valence-corrected chi connectivity index (χ3v) is 3.65. The molecule has 15 heavy (non-hydrogen) atoms. The molecule has 1 unspecified atom stereocenters. The molecule has 0 saturated carbocycles. The summed E-state index contributed by atoms with van der Waals surface area (Å²) in [5, 5.41) is 4.44. The van der Waals surface area contributed by atoms with Crippen LogP contribution in [0.15, 0.2) is 18.2 Å². The molecule has 1 atom stereocenters. The van der Waals surface area contributed by atoms with Gasteiger partial charge in [-0.05, 0) is 56.0 Å². The van der Waals surface area contributed by atoms with Gasteiger partial charge in [0.1, 0.15) is 0 Å². The number of benzene rings is 1. The van der Waals surface area contributed by atoms with Crippen molar-refractivity contribution in [1.82, 2.24) is 5.32 Å². The first-order valence-electron chi connectivity index (χ1n) is 5.69. The van der Waals surface area contributed by atoms with E-state index in [2.05, 4.69) is 31.3 Å². The quantitative estimate of drug-likeness (QED) is 0.809. The Morgan fingerprint density at radius 1 is 1.47 bits per heavy atom. The highest BCUT2D eigenvalue weighted by molar-refractivity contribution is 6.30. The molecule has 1 aliphatic rings. The van der Waals surface area contributed by atoms with Crippen molar-refractivity contribution in [1.29, 1.82) is 0 Å². The van der Waals surface area contributed by atoms with Gasteiger partial charge in [-0.3, -0.25) is 0 Å². The third-order valence-electron chi connectivity index (χ3n) is 3.42. The summed E-state index contributed by atoms with van der Waals surface area (Å²) in [5.41, 5.74) is 2.93. The first kappa shape index (κ1) is 11.0. The van der Waals surface area contributed by atoms with Crippen LogP contribution in [0.2, 0.25) is 5.02 Å². The highest BCUT2D eigenvalue weighted by Crippen LogP contribution is 2.34. The van der Waals surface area contributed by atoms with Gasteiger partial charge in [-0.1, -0.05) is 24.6 Å². The molecule has 1 heterocycles. The van der Waals surface area contributed by atoms with Crippen molar-refractivity contribution in [3.8, 4) is 0 Å². The molecular weight excluding hydrogens is 206 g/mol. The summed E-state index contributed by atoms with van der Waals surface area (Å²) >= 11 is 6.09. The van der Waals surface area contributed by atoms with Gasteiger partial charge in [-0.25, -0.2) is 0 Å². The molecule has 2 heteroatoms. The summed E-state index contributed by atoms with van der Waals surface area (Å²) in [5.74, 6) is 0. The molecule has 0 aliphatic carbocycles. The maximum absolute atomic E-state index is 6.09. The molecule has 0 radical (unpaired) electrons. The van der Waals surface area contributed by atoms with Crippen molar-refractivity contribution in [2.75, 3.05) is 6.54 Å². The lowest BCUT2D eigenvalue weighted by atomic mass is 9.86. The van der Waals surface area contributed by atoms with Crippen LogP contribution in [0.25, 0.3) is 0 Å². The zero-order valence-electron chi connectivity index (χ0n) is 9.44. The fourth-order valence-electron chi connectivity index (χ4n) is 2.50. The summed E-state index contributed by atoms with van der Waals surface area (Å²) in [7, 11) is 0. The van der Waals surface area contributed by atoms with Gasteiger partial charge in [0, 0.05) is 10.6 Å². The number of hydrogen-bond acceptors (Lipinski definition) is 1. The summed E-state index contributed by atoms with van der Waals surface area (Å²) in [6.07, 6.45) is 3.54. The molecule has 0 bridgehead atoms. The second kappa shape index (κ2) is 4.15. The minimum atomic E-state index is 0.135. The Morgan fingerprint density at radius 2 is 2.27 bits per heavy atom. The smallest absolute Gasteiger partial charge is 0.0409 e. The minimum Gasteiger partial charge on any atom is -0.308 e. The van der Waals surface area contributed by atoms with Crippen molar-refractivity contribution >= 4 is 11.6 Å². The van der Waals surface area contributed by atoms with E-state index in [1.54, 1.807) is 0 Å². The van der Waals surface area contributed by atoms with Crippen LogP contribution in [0.5, 0.6) is 0 Å². The lowest BCUT2D eigenvalue weighted by Gasteiger charge is -2.27. The molecule has 1 saturated heterocycles. The fraction of sp³-hybridized carbons (Fsp3) is 0.538. The van der Waals surface area contributed by atoms with Gasteiger partial charge in [0.05, 0.1) is 0 Å². The Morgan fingerprint density at radius 3 is 2.87 bits per heavy atom. The van der Waals surface area contributed by atoms with E-state index in [9.17, 15) is 0 Å². The van der Waals surface area contributed by atoms with Gasteiger partial charge in [0.2, 0.25) is 0 Å². The van der Waals surface area contributed by atoms with Gasteiger partial charge in [-0.15, -0.1) is 0 Å². The maximum atomic E-state index is 6.09. The van der Waals surface area contributed by atoms with Crippen molar-refractivity contribution in [2.45, 2.75) is 38.6 Å². The van der Waals surface area contributed by atoms with Crippen molar-refractivity contribution < 1.29 is 0 Å². The molecular formula is C13H18ClN. The van der Waals surface area contributed by atoms with Gasteiger partial charge in [0.15, 0.2) is 0 Å². The predicted octanol–water partition coefficient (Wildman–Crippen LogP) is 3.50. The Labute approximate surface area is 96.8 Å². The van der Waals surface area contributed by atoms with Crippen LogP contribution in [-0.4, -0.2) is 6.54 Å². The number of aryl methyl sites for hydroxylation is 1. The topological polar surface area (TPSA) is 12.0 Å². The van der Waals surface area contributed by atoms with Crippen LogP contribution >= 0.6 is 11.6 Å². The lowest BCUT2D eigenvalue weighted by molar-refractivity contribution is 0.431. The van der Waals surface area contributed by atoms with Crippen LogP contribution in [0.3, 0.4) is 0 Å². The minimum absolute atomic E-state index is 0.135. The third kappa shape index (κ3) is 2.04. The molecule has 1 aromatic rings. The average Bonchev–Trinajstić information content (AvgIpc) is 2.66. The molecule has 0 spiro atoms. The second-order valence-electron chi connectivity index (χ2n) is 4.52. The monoisotopic (exact) mass is 223 g/mol. The number of halogens is 1. The van der Waals surface area contributed by atoms with E-state index in [1.165, 1.54) is 24.0 Å². The van der Waals surface area contributed by atoms with E-state index < -0.39 is 0 Å². The lowest BCUT2D eigenvalue weighted by Crippen LogP contribution is -2.34. The standard InChI is InChI=1S/C13H18ClN/c1-3-10-5-6-11(14)9-12(10)13(2)7-4-8-15-13/h5-6,9,15H,3-4,7-8H2,1-2H3. The molecule has 0 amide bonds. The Bertz CT molecular complexity index is 354. The fourth-order valence-corrected chi connectivity index (χ4v) is 2.67. The van der Waals surface area contributed by atoms with Gasteiger partial charge >= 0.3 is 0 Å². The summed E-state index contributed by atoms with van der Waals surface area (Å²) in [6, 6.07) is 6.27. The van der Waals surface area contributed by atoms with Crippen LogP contribution < -0.4 is 5.32 Å². The molecule has 1 aliphatic heterocycles. The van der Waals surface area contributed by atoms with E-state index in [-0.39, 0.29) is 5.54 Å². The normalized spacial score (nSPS) is 25.8. The molecule has 1 N–H and O–H groups in total. The van der Waals surface area contributed by atoms with Crippen LogP contribution in [0.1, 0.15) is 37.8 Å². The number of hydrogen-bond donors (Lipinski definition) is 1. The first-order chi connectivity index (χ1) is 7.15. The average molecular weight is 224 g/mol. The Kier molecular flexibility index (Phi) is 3.03. The van der Waals surface area contributed by atoms with E-state index in [0.29, 0.717) is 0 Å². The van der Waals surface area contributed by atoms with Crippen molar-refractivity contribution in [3.05, 3.63) is 34.3 Å². The SMILES string of the molecule is CCc1ccc(Cl)cc1C1(C)CCCN1. The molecule has 0 aromatic heterocycles. The number of nitrogens with one attached hydrogen (secondary N) is 1. The summed E-state index contributed by atoms with van der Waals surface area (Å²) < 4.78 is 0. The van der Waals surface area contributed by atoms with E-state index >= 15 is 0 Å². The summed E-state index contributed by atoms with van der Waals surface area (Å²) in [4.78, 5) is 0. The van der Waals surface area contributed by atoms with E-state index in [1.807, 2.05) is 6.07 Å². The van der Waals surface area contributed by atoms with Gasteiger partial charge in [-0.2, -0.15) is 0 Å².